The van der Waals surface area contributed by atoms with E-state index >= 15 is 0 Å². The number of methoxy groups -OCH3 is 1. The van der Waals surface area contributed by atoms with Crippen LogP contribution in [-0.2, 0) is 16.4 Å². The highest BCUT2D eigenvalue weighted by molar-refractivity contribution is 7.90. The zero-order valence-electron chi connectivity index (χ0n) is 20.3. The molecule has 1 aliphatic heterocycles. The number of sulfonamides is 1. The number of hydrogen-bond acceptors (Lipinski definition) is 7. The van der Waals surface area contributed by atoms with Gasteiger partial charge >= 0.3 is 0 Å². The average molecular weight is 504 g/mol. The molecule has 0 saturated heterocycles. The van der Waals surface area contributed by atoms with Crippen LogP contribution in [0.2, 0.25) is 0 Å². The summed E-state index contributed by atoms with van der Waals surface area (Å²) in [5.41, 5.74) is 3.21. The first-order valence-corrected chi connectivity index (χ1v) is 12.9. The van der Waals surface area contributed by atoms with Crippen molar-refractivity contribution < 1.29 is 22.7 Å². The second-order valence-corrected chi connectivity index (χ2v) is 10.9. The Morgan fingerprint density at radius 3 is 2.61 bits per heavy atom. The number of aromatic nitrogens is 2. The van der Waals surface area contributed by atoms with Gasteiger partial charge in [0.2, 0.25) is 0 Å². The standard InChI is InChI=1S/C27H25N3O5S/c1-16-8-10-18(20-7-5-6-14-28-20)19-11-12-21(29-23(16)19)26(31)30-36(32,33)25-22(34-4)13-9-17-15-27(2,3)35-24(17)25/h5-14H,15H2,1-4H3,(H,30,31). The van der Waals surface area contributed by atoms with Gasteiger partial charge in [0, 0.05) is 23.6 Å². The third-order valence-electron chi connectivity index (χ3n) is 6.10. The van der Waals surface area contributed by atoms with E-state index in [4.69, 9.17) is 9.47 Å². The number of amides is 1. The van der Waals surface area contributed by atoms with Gasteiger partial charge in [-0.1, -0.05) is 24.3 Å². The molecule has 0 atom stereocenters. The lowest BCUT2D eigenvalue weighted by Gasteiger charge is -2.19. The van der Waals surface area contributed by atoms with Crippen LogP contribution in [0.3, 0.4) is 0 Å². The molecule has 5 rings (SSSR count). The maximum absolute atomic E-state index is 13.4. The molecule has 3 heterocycles. The summed E-state index contributed by atoms with van der Waals surface area (Å²) in [4.78, 5) is 21.8. The van der Waals surface area contributed by atoms with E-state index in [2.05, 4.69) is 14.7 Å². The largest absolute Gasteiger partial charge is 0.495 e. The maximum atomic E-state index is 13.4. The molecule has 0 aliphatic carbocycles. The number of hydrogen-bond donors (Lipinski definition) is 1. The molecule has 9 heteroatoms. The van der Waals surface area contributed by atoms with Crippen LogP contribution in [0.5, 0.6) is 11.5 Å². The number of ether oxygens (including phenoxy) is 2. The Hall–Kier alpha value is -3.98. The number of fused-ring (bicyclic) bond motifs is 2. The molecule has 2 aromatic carbocycles. The van der Waals surface area contributed by atoms with E-state index in [1.807, 2.05) is 51.1 Å². The highest BCUT2D eigenvalue weighted by atomic mass is 32.2. The maximum Gasteiger partial charge on any atom is 0.283 e. The number of nitrogens with zero attached hydrogens (tertiary/aromatic N) is 2. The summed E-state index contributed by atoms with van der Waals surface area (Å²) in [5, 5.41) is 0.811. The van der Waals surface area contributed by atoms with Crippen molar-refractivity contribution in [3.05, 3.63) is 77.6 Å². The fourth-order valence-corrected chi connectivity index (χ4v) is 5.76. The SMILES string of the molecule is COc1ccc2c(c1S(=O)(=O)NC(=O)c1ccc3c(-c4ccccn4)ccc(C)c3n1)OC(C)(C)C2. The molecule has 184 valence electrons. The molecular formula is C27H25N3O5S. The Balaban J connectivity index is 1.53. The number of benzene rings is 2. The first-order chi connectivity index (χ1) is 17.1. The van der Waals surface area contributed by atoms with Gasteiger partial charge in [-0.15, -0.1) is 0 Å². The Morgan fingerprint density at radius 1 is 1.08 bits per heavy atom. The molecular weight excluding hydrogens is 478 g/mol. The number of aryl methyl sites for hydroxylation is 1. The van der Waals surface area contributed by atoms with E-state index in [0.29, 0.717) is 11.9 Å². The summed E-state index contributed by atoms with van der Waals surface area (Å²) in [6.07, 6.45) is 2.24. The normalized spacial score (nSPS) is 14.2. The van der Waals surface area contributed by atoms with Crippen LogP contribution >= 0.6 is 0 Å². The first kappa shape index (κ1) is 23.7. The van der Waals surface area contributed by atoms with Crippen LogP contribution < -0.4 is 14.2 Å². The molecule has 0 unspecified atom stereocenters. The minimum absolute atomic E-state index is 0.0277. The van der Waals surface area contributed by atoms with Crippen molar-refractivity contribution in [2.45, 2.75) is 37.7 Å². The van der Waals surface area contributed by atoms with Gasteiger partial charge < -0.3 is 9.47 Å². The van der Waals surface area contributed by atoms with E-state index in [-0.39, 0.29) is 22.1 Å². The second-order valence-electron chi connectivity index (χ2n) is 9.30. The smallest absolute Gasteiger partial charge is 0.283 e. The van der Waals surface area contributed by atoms with Crippen molar-refractivity contribution in [2.75, 3.05) is 7.11 Å². The van der Waals surface area contributed by atoms with Crippen molar-refractivity contribution in [3.8, 4) is 22.8 Å². The van der Waals surface area contributed by atoms with Crippen molar-refractivity contribution in [2.24, 2.45) is 0 Å². The third-order valence-corrected chi connectivity index (χ3v) is 7.48. The fraction of sp³-hybridized carbons (Fsp3) is 0.222. The zero-order chi connectivity index (χ0) is 25.7. The van der Waals surface area contributed by atoms with Crippen LogP contribution in [-0.4, -0.2) is 37.0 Å². The highest BCUT2D eigenvalue weighted by Crippen LogP contribution is 2.44. The molecule has 0 saturated carbocycles. The zero-order valence-corrected chi connectivity index (χ0v) is 21.1. The Kier molecular flexibility index (Phi) is 5.67. The first-order valence-electron chi connectivity index (χ1n) is 11.4. The van der Waals surface area contributed by atoms with E-state index in [0.717, 1.165) is 27.8 Å². The van der Waals surface area contributed by atoms with Crippen LogP contribution in [0.1, 0.15) is 35.5 Å². The van der Waals surface area contributed by atoms with Crippen LogP contribution in [0.25, 0.3) is 22.2 Å². The third kappa shape index (κ3) is 4.15. The van der Waals surface area contributed by atoms with Crippen LogP contribution in [0.15, 0.2) is 65.7 Å². The summed E-state index contributed by atoms with van der Waals surface area (Å²) in [6, 6.07) is 16.1. The quantitative estimate of drug-likeness (QED) is 0.429. The summed E-state index contributed by atoms with van der Waals surface area (Å²) in [6.45, 7) is 5.62. The van der Waals surface area contributed by atoms with Crippen LogP contribution in [0.4, 0.5) is 0 Å². The lowest BCUT2D eigenvalue weighted by Crippen LogP contribution is -2.32. The predicted octanol–water partition coefficient (Wildman–Crippen LogP) is 4.45. The molecule has 36 heavy (non-hydrogen) atoms. The summed E-state index contributed by atoms with van der Waals surface area (Å²) in [7, 11) is -2.97. The Bertz CT molecular complexity index is 1620. The highest BCUT2D eigenvalue weighted by Gasteiger charge is 2.38. The lowest BCUT2D eigenvalue weighted by atomic mass is 10.0. The van der Waals surface area contributed by atoms with Gasteiger partial charge in [-0.3, -0.25) is 9.78 Å². The predicted molar refractivity (Wildman–Crippen MR) is 136 cm³/mol. The number of carbonyl (C=O) groups is 1. The van der Waals surface area contributed by atoms with E-state index < -0.39 is 21.5 Å². The molecule has 1 aliphatic rings. The molecule has 0 spiro atoms. The minimum Gasteiger partial charge on any atom is -0.495 e. The van der Waals surface area contributed by atoms with Gasteiger partial charge in [-0.05, 0) is 62.2 Å². The molecule has 4 aromatic rings. The molecule has 0 fully saturated rings. The Labute approximate surface area is 209 Å². The monoisotopic (exact) mass is 503 g/mol. The summed E-state index contributed by atoms with van der Waals surface area (Å²) < 4.78 is 40.2. The van der Waals surface area contributed by atoms with Crippen molar-refractivity contribution >= 4 is 26.8 Å². The van der Waals surface area contributed by atoms with Crippen LogP contribution in [0, 0.1) is 6.92 Å². The van der Waals surface area contributed by atoms with Gasteiger partial charge in [-0.2, -0.15) is 0 Å². The average Bonchev–Trinajstić information content (AvgIpc) is 3.17. The van der Waals surface area contributed by atoms with E-state index in [1.54, 1.807) is 24.4 Å². The lowest BCUT2D eigenvalue weighted by molar-refractivity contribution is 0.0977. The number of pyridine rings is 2. The van der Waals surface area contributed by atoms with Crippen molar-refractivity contribution in [1.82, 2.24) is 14.7 Å². The molecule has 1 amide bonds. The number of rotatable bonds is 5. The second kappa shape index (κ2) is 8.60. The van der Waals surface area contributed by atoms with Gasteiger partial charge in [0.05, 0.1) is 18.3 Å². The molecule has 0 bridgehead atoms. The molecule has 2 aromatic heterocycles. The topological polar surface area (TPSA) is 107 Å². The van der Waals surface area contributed by atoms with Gasteiger partial charge in [-0.25, -0.2) is 18.1 Å². The van der Waals surface area contributed by atoms with Crippen molar-refractivity contribution in [3.63, 3.8) is 0 Å². The van der Waals surface area contributed by atoms with Gasteiger partial charge in [0.1, 0.15) is 22.8 Å². The minimum atomic E-state index is -4.34. The Morgan fingerprint density at radius 2 is 1.89 bits per heavy atom. The fourth-order valence-electron chi connectivity index (χ4n) is 4.47. The van der Waals surface area contributed by atoms with E-state index in [1.165, 1.54) is 13.2 Å². The summed E-state index contributed by atoms with van der Waals surface area (Å²) in [5.74, 6) is -0.563. The summed E-state index contributed by atoms with van der Waals surface area (Å²) >= 11 is 0. The molecule has 8 nitrogen and oxygen atoms in total. The van der Waals surface area contributed by atoms with Gasteiger partial charge in [0.15, 0.2) is 4.90 Å². The van der Waals surface area contributed by atoms with Crippen molar-refractivity contribution in [1.29, 1.82) is 0 Å². The molecule has 0 radical (unpaired) electrons. The van der Waals surface area contributed by atoms with E-state index in [9.17, 15) is 13.2 Å². The van der Waals surface area contributed by atoms with Gasteiger partial charge in [0.25, 0.3) is 15.9 Å². The number of carbonyl (C=O) groups excluding carboxylic acids is 1. The molecule has 1 N–H and O–H groups in total. The number of nitrogens with one attached hydrogen (secondary N) is 1.